The Labute approximate surface area is 162 Å². The van der Waals surface area contributed by atoms with Crippen molar-refractivity contribution in [2.45, 2.75) is 25.8 Å². The zero-order valence-corrected chi connectivity index (χ0v) is 15.7. The molecule has 27 heavy (non-hydrogen) atoms. The predicted octanol–water partition coefficient (Wildman–Crippen LogP) is 3.72. The van der Waals surface area contributed by atoms with E-state index in [4.69, 9.17) is 11.6 Å². The first-order chi connectivity index (χ1) is 13.1. The molecule has 3 aromatic rings. The number of halogens is 1. The number of nitrogens with zero attached hydrogens (tertiary/aromatic N) is 3. The molecule has 1 amide bonds. The molecule has 1 aliphatic rings. The van der Waals surface area contributed by atoms with Crippen molar-refractivity contribution in [2.75, 3.05) is 13.1 Å². The average Bonchev–Trinajstić information content (AvgIpc) is 2.71. The van der Waals surface area contributed by atoms with E-state index in [9.17, 15) is 9.59 Å². The Bertz CT molecular complexity index is 1050. The molecule has 2 heterocycles. The monoisotopic (exact) mass is 381 g/mol. The number of hydrogen-bond donors (Lipinski definition) is 0. The van der Waals surface area contributed by atoms with Gasteiger partial charge in [-0.1, -0.05) is 23.7 Å². The van der Waals surface area contributed by atoms with Crippen molar-refractivity contribution >= 4 is 28.4 Å². The lowest BCUT2D eigenvalue weighted by atomic mass is 10.1. The maximum Gasteiger partial charge on any atom is 0.261 e. The molecule has 6 heteroatoms. The number of carbonyl (C=O) groups is 1. The lowest BCUT2D eigenvalue weighted by molar-refractivity contribution is 0.0724. The maximum absolute atomic E-state index is 12.7. The van der Waals surface area contributed by atoms with Crippen molar-refractivity contribution in [2.24, 2.45) is 0 Å². The molecule has 0 aliphatic carbocycles. The smallest absolute Gasteiger partial charge is 0.261 e. The third-order valence-electron chi connectivity index (χ3n) is 4.96. The SMILES string of the molecule is O=C(c1cccc(Cn2cnc3ccc(Cl)cc3c2=O)c1)N1CCCCC1. The topological polar surface area (TPSA) is 55.2 Å². The molecule has 2 aromatic carbocycles. The third kappa shape index (κ3) is 3.74. The minimum atomic E-state index is -0.143. The van der Waals surface area contributed by atoms with E-state index >= 15 is 0 Å². The van der Waals surface area contributed by atoms with Gasteiger partial charge < -0.3 is 4.90 Å². The molecular weight excluding hydrogens is 362 g/mol. The number of rotatable bonds is 3. The van der Waals surface area contributed by atoms with E-state index in [2.05, 4.69) is 4.98 Å². The molecule has 1 aliphatic heterocycles. The standard InChI is InChI=1S/C21H20ClN3O2/c22-17-7-8-19-18(12-17)21(27)25(14-23-19)13-15-5-4-6-16(11-15)20(26)24-9-2-1-3-10-24/h4-8,11-12,14H,1-3,9-10,13H2. The summed E-state index contributed by atoms with van der Waals surface area (Å²) in [5, 5.41) is 0.999. The van der Waals surface area contributed by atoms with Gasteiger partial charge in [0, 0.05) is 23.7 Å². The van der Waals surface area contributed by atoms with E-state index in [1.807, 2.05) is 29.2 Å². The van der Waals surface area contributed by atoms with E-state index < -0.39 is 0 Å². The van der Waals surface area contributed by atoms with Gasteiger partial charge in [-0.2, -0.15) is 0 Å². The second-order valence-corrected chi connectivity index (χ2v) is 7.33. The zero-order valence-electron chi connectivity index (χ0n) is 14.9. The predicted molar refractivity (Wildman–Crippen MR) is 106 cm³/mol. The van der Waals surface area contributed by atoms with E-state index in [0.717, 1.165) is 31.5 Å². The Hall–Kier alpha value is -2.66. The van der Waals surface area contributed by atoms with Gasteiger partial charge in [0.25, 0.3) is 11.5 Å². The van der Waals surface area contributed by atoms with Crippen molar-refractivity contribution in [3.63, 3.8) is 0 Å². The summed E-state index contributed by atoms with van der Waals surface area (Å²) in [6.45, 7) is 1.99. The van der Waals surface area contributed by atoms with Crippen molar-refractivity contribution in [3.8, 4) is 0 Å². The molecule has 5 nitrogen and oxygen atoms in total. The lowest BCUT2D eigenvalue weighted by Crippen LogP contribution is -2.35. The van der Waals surface area contributed by atoms with Gasteiger partial charge in [-0.05, 0) is 55.2 Å². The van der Waals surface area contributed by atoms with Crippen LogP contribution in [-0.4, -0.2) is 33.4 Å². The van der Waals surface area contributed by atoms with E-state index in [1.54, 1.807) is 22.8 Å². The van der Waals surface area contributed by atoms with Crippen molar-refractivity contribution in [1.29, 1.82) is 0 Å². The second-order valence-electron chi connectivity index (χ2n) is 6.89. The van der Waals surface area contributed by atoms with Gasteiger partial charge in [0.05, 0.1) is 23.8 Å². The number of fused-ring (bicyclic) bond motifs is 1. The van der Waals surface area contributed by atoms with Gasteiger partial charge in [0.2, 0.25) is 0 Å². The Morgan fingerprint density at radius 3 is 2.70 bits per heavy atom. The summed E-state index contributed by atoms with van der Waals surface area (Å²) in [6.07, 6.45) is 4.85. The van der Waals surface area contributed by atoms with Gasteiger partial charge >= 0.3 is 0 Å². The third-order valence-corrected chi connectivity index (χ3v) is 5.19. The van der Waals surface area contributed by atoms with Crippen molar-refractivity contribution < 1.29 is 4.79 Å². The molecule has 0 bridgehead atoms. The normalized spacial score (nSPS) is 14.5. The highest BCUT2D eigenvalue weighted by molar-refractivity contribution is 6.31. The van der Waals surface area contributed by atoms with Crippen LogP contribution in [0.2, 0.25) is 5.02 Å². The van der Waals surface area contributed by atoms with Crippen LogP contribution in [0.3, 0.4) is 0 Å². The molecule has 0 atom stereocenters. The number of likely N-dealkylation sites (tertiary alicyclic amines) is 1. The number of benzene rings is 2. The molecule has 0 saturated carbocycles. The van der Waals surface area contributed by atoms with Crippen molar-refractivity contribution in [1.82, 2.24) is 14.5 Å². The number of carbonyl (C=O) groups excluding carboxylic acids is 1. The molecule has 4 rings (SSSR count). The van der Waals surface area contributed by atoms with Crippen LogP contribution < -0.4 is 5.56 Å². The van der Waals surface area contributed by atoms with Crippen LogP contribution in [0.4, 0.5) is 0 Å². The summed E-state index contributed by atoms with van der Waals surface area (Å²) in [4.78, 5) is 31.7. The fourth-order valence-corrected chi connectivity index (χ4v) is 3.69. The molecule has 0 unspecified atom stereocenters. The van der Waals surface area contributed by atoms with Crippen LogP contribution in [0.15, 0.2) is 53.6 Å². The largest absolute Gasteiger partial charge is 0.339 e. The first kappa shape index (κ1) is 17.7. The summed E-state index contributed by atoms with van der Waals surface area (Å²) in [5.74, 6) is 0.0623. The van der Waals surface area contributed by atoms with Gasteiger partial charge in [-0.15, -0.1) is 0 Å². The first-order valence-corrected chi connectivity index (χ1v) is 9.52. The van der Waals surface area contributed by atoms with Gasteiger partial charge in [-0.25, -0.2) is 4.98 Å². The number of amides is 1. The molecule has 1 aromatic heterocycles. The Morgan fingerprint density at radius 2 is 1.89 bits per heavy atom. The van der Waals surface area contributed by atoms with Gasteiger partial charge in [-0.3, -0.25) is 14.2 Å². The molecule has 0 N–H and O–H groups in total. The van der Waals surface area contributed by atoms with E-state index in [0.29, 0.717) is 28.0 Å². The molecule has 1 saturated heterocycles. The second kappa shape index (κ2) is 7.53. The zero-order chi connectivity index (χ0) is 18.8. The Balaban J connectivity index is 1.61. The summed E-state index contributed by atoms with van der Waals surface area (Å²) < 4.78 is 1.54. The highest BCUT2D eigenvalue weighted by Crippen LogP contribution is 2.16. The molecule has 0 spiro atoms. The van der Waals surface area contributed by atoms with Crippen LogP contribution in [-0.2, 0) is 6.54 Å². The summed E-state index contributed by atoms with van der Waals surface area (Å²) >= 11 is 6.01. The summed E-state index contributed by atoms with van der Waals surface area (Å²) in [5.41, 5.74) is 2.03. The molecule has 1 fully saturated rings. The number of piperidine rings is 1. The highest BCUT2D eigenvalue weighted by Gasteiger charge is 2.18. The maximum atomic E-state index is 12.7. The lowest BCUT2D eigenvalue weighted by Gasteiger charge is -2.26. The highest BCUT2D eigenvalue weighted by atomic mass is 35.5. The Morgan fingerprint density at radius 1 is 1.07 bits per heavy atom. The fourth-order valence-electron chi connectivity index (χ4n) is 3.52. The minimum absolute atomic E-state index is 0.0623. The van der Waals surface area contributed by atoms with E-state index in [1.165, 1.54) is 12.7 Å². The van der Waals surface area contributed by atoms with Gasteiger partial charge in [0.15, 0.2) is 0 Å². The fraction of sp³-hybridized carbons (Fsp3) is 0.286. The van der Waals surface area contributed by atoms with Crippen LogP contribution >= 0.6 is 11.6 Å². The first-order valence-electron chi connectivity index (χ1n) is 9.15. The average molecular weight is 382 g/mol. The molecule has 0 radical (unpaired) electrons. The summed E-state index contributed by atoms with van der Waals surface area (Å²) in [6, 6.07) is 12.6. The number of aromatic nitrogens is 2. The number of hydrogen-bond acceptors (Lipinski definition) is 3. The minimum Gasteiger partial charge on any atom is -0.339 e. The van der Waals surface area contributed by atoms with Crippen LogP contribution in [0.1, 0.15) is 35.2 Å². The van der Waals surface area contributed by atoms with Crippen LogP contribution in [0, 0.1) is 0 Å². The quantitative estimate of drug-likeness (QED) is 0.694. The van der Waals surface area contributed by atoms with Crippen LogP contribution in [0.5, 0.6) is 0 Å². The van der Waals surface area contributed by atoms with E-state index in [-0.39, 0.29) is 11.5 Å². The van der Waals surface area contributed by atoms with Gasteiger partial charge in [0.1, 0.15) is 0 Å². The molecular formula is C21H20ClN3O2. The molecule has 138 valence electrons. The Kier molecular flexibility index (Phi) is 4.94. The summed E-state index contributed by atoms with van der Waals surface area (Å²) in [7, 11) is 0. The van der Waals surface area contributed by atoms with Crippen LogP contribution in [0.25, 0.3) is 10.9 Å². The van der Waals surface area contributed by atoms with Crippen molar-refractivity contribution in [3.05, 3.63) is 75.3 Å².